The monoisotopic (exact) mass is 425 g/mol. The number of hydrogen-bond acceptors (Lipinski definition) is 4. The van der Waals surface area contributed by atoms with Crippen molar-refractivity contribution in [3.63, 3.8) is 0 Å². The number of carbonyl (C=O) groups is 3. The van der Waals surface area contributed by atoms with Crippen molar-refractivity contribution >= 4 is 23.4 Å². The smallest absolute Gasteiger partial charge is 0.276 e. The molecule has 3 amide bonds. The third kappa shape index (κ3) is 8.12. The topological polar surface area (TPSA) is 96.5 Å². The van der Waals surface area contributed by atoms with Gasteiger partial charge in [0.15, 0.2) is 6.61 Å². The second-order valence-corrected chi connectivity index (χ2v) is 8.29. The second kappa shape index (κ2) is 11.2. The Morgan fingerprint density at radius 2 is 1.52 bits per heavy atom. The van der Waals surface area contributed by atoms with Crippen molar-refractivity contribution in [1.82, 2.24) is 10.9 Å². The van der Waals surface area contributed by atoms with E-state index in [9.17, 15) is 14.4 Å². The Morgan fingerprint density at radius 3 is 2.10 bits per heavy atom. The van der Waals surface area contributed by atoms with Gasteiger partial charge in [0.05, 0.1) is 0 Å². The van der Waals surface area contributed by atoms with E-state index < -0.39 is 11.8 Å². The Morgan fingerprint density at radius 1 is 0.871 bits per heavy atom. The molecule has 0 heterocycles. The molecule has 3 N–H and O–H groups in total. The van der Waals surface area contributed by atoms with Crippen molar-refractivity contribution in [3.05, 3.63) is 59.7 Å². The van der Waals surface area contributed by atoms with E-state index in [0.29, 0.717) is 23.4 Å². The third-order valence-electron chi connectivity index (χ3n) is 4.59. The third-order valence-corrected chi connectivity index (χ3v) is 4.59. The number of hydrogen-bond donors (Lipinski definition) is 3. The van der Waals surface area contributed by atoms with Gasteiger partial charge in [-0.25, -0.2) is 0 Å². The molecule has 0 aliphatic heterocycles. The molecule has 0 aromatic heterocycles. The molecule has 31 heavy (non-hydrogen) atoms. The first-order valence-electron chi connectivity index (χ1n) is 10.4. The van der Waals surface area contributed by atoms with Crippen LogP contribution in [0.2, 0.25) is 0 Å². The molecule has 0 unspecified atom stereocenters. The summed E-state index contributed by atoms with van der Waals surface area (Å²) < 4.78 is 5.45. The summed E-state index contributed by atoms with van der Waals surface area (Å²) in [6, 6.07) is 14.0. The summed E-state index contributed by atoms with van der Waals surface area (Å²) in [5.74, 6) is -0.426. The van der Waals surface area contributed by atoms with E-state index in [2.05, 4.69) is 36.9 Å². The van der Waals surface area contributed by atoms with Gasteiger partial charge in [-0.1, -0.05) is 46.2 Å². The fraction of sp³-hybridized carbons (Fsp3) is 0.375. The van der Waals surface area contributed by atoms with Crippen molar-refractivity contribution in [3.8, 4) is 5.75 Å². The number of benzene rings is 2. The minimum Gasteiger partial charge on any atom is -0.484 e. The quantitative estimate of drug-likeness (QED) is 0.558. The highest BCUT2D eigenvalue weighted by Crippen LogP contribution is 2.24. The molecule has 7 heteroatoms. The van der Waals surface area contributed by atoms with Crippen LogP contribution in [-0.4, -0.2) is 24.3 Å². The van der Waals surface area contributed by atoms with Crippen LogP contribution in [0.1, 0.15) is 62.9 Å². The summed E-state index contributed by atoms with van der Waals surface area (Å²) in [6.45, 7) is 8.16. The van der Waals surface area contributed by atoms with Gasteiger partial charge < -0.3 is 10.1 Å². The van der Waals surface area contributed by atoms with Crippen LogP contribution >= 0.6 is 0 Å². The fourth-order valence-corrected chi connectivity index (χ4v) is 2.70. The highest BCUT2D eigenvalue weighted by atomic mass is 16.5. The lowest BCUT2D eigenvalue weighted by atomic mass is 9.87. The van der Waals surface area contributed by atoms with Crippen LogP contribution in [0.25, 0.3) is 0 Å². The zero-order valence-corrected chi connectivity index (χ0v) is 18.6. The van der Waals surface area contributed by atoms with E-state index in [1.165, 1.54) is 5.56 Å². The summed E-state index contributed by atoms with van der Waals surface area (Å²) in [4.78, 5) is 35.9. The highest BCUT2D eigenvalue weighted by molar-refractivity contribution is 5.96. The average Bonchev–Trinajstić information content (AvgIpc) is 2.74. The van der Waals surface area contributed by atoms with Gasteiger partial charge >= 0.3 is 0 Å². The van der Waals surface area contributed by atoms with Gasteiger partial charge in [0.25, 0.3) is 11.8 Å². The maximum absolute atomic E-state index is 12.2. The van der Waals surface area contributed by atoms with Gasteiger partial charge in [-0.05, 0) is 53.8 Å². The molecule has 0 spiro atoms. The van der Waals surface area contributed by atoms with Crippen LogP contribution in [0.5, 0.6) is 5.75 Å². The average molecular weight is 426 g/mol. The van der Waals surface area contributed by atoms with Crippen LogP contribution in [0.15, 0.2) is 48.5 Å². The predicted molar refractivity (Wildman–Crippen MR) is 121 cm³/mol. The van der Waals surface area contributed by atoms with Crippen LogP contribution in [0.4, 0.5) is 5.69 Å². The molecule has 0 atom stereocenters. The zero-order valence-electron chi connectivity index (χ0n) is 18.6. The molecular weight excluding hydrogens is 394 g/mol. The highest BCUT2D eigenvalue weighted by Gasteiger charge is 2.13. The van der Waals surface area contributed by atoms with Gasteiger partial charge in [0, 0.05) is 17.7 Å². The van der Waals surface area contributed by atoms with Crippen LogP contribution in [0, 0.1) is 0 Å². The number of ether oxygens (including phenoxy) is 1. The van der Waals surface area contributed by atoms with E-state index in [0.717, 1.165) is 12.8 Å². The number of anilines is 1. The second-order valence-electron chi connectivity index (χ2n) is 8.29. The minimum absolute atomic E-state index is 0.0407. The molecule has 2 rings (SSSR count). The zero-order chi connectivity index (χ0) is 22.9. The number of rotatable bonds is 8. The van der Waals surface area contributed by atoms with Crippen LogP contribution in [-0.2, 0) is 15.0 Å². The lowest BCUT2D eigenvalue weighted by Gasteiger charge is -2.19. The molecule has 7 nitrogen and oxygen atoms in total. The number of hydrazine groups is 1. The Balaban J connectivity index is 1.76. The molecular formula is C24H31N3O4. The Labute approximate surface area is 183 Å². The summed E-state index contributed by atoms with van der Waals surface area (Å²) in [5, 5.41) is 2.78. The van der Waals surface area contributed by atoms with Gasteiger partial charge in [0.2, 0.25) is 5.91 Å². The first-order valence-corrected chi connectivity index (χ1v) is 10.4. The van der Waals surface area contributed by atoms with E-state index >= 15 is 0 Å². The first-order chi connectivity index (χ1) is 14.7. The first kappa shape index (κ1) is 23.9. The Kier molecular flexibility index (Phi) is 8.61. The van der Waals surface area contributed by atoms with Gasteiger partial charge in [-0.3, -0.25) is 25.2 Å². The van der Waals surface area contributed by atoms with Crippen molar-refractivity contribution in [2.75, 3.05) is 11.9 Å². The van der Waals surface area contributed by atoms with Crippen molar-refractivity contribution in [1.29, 1.82) is 0 Å². The maximum atomic E-state index is 12.2. The van der Waals surface area contributed by atoms with Crippen molar-refractivity contribution in [2.45, 2.75) is 52.4 Å². The molecule has 0 fully saturated rings. The van der Waals surface area contributed by atoms with E-state index in [4.69, 9.17) is 4.74 Å². The van der Waals surface area contributed by atoms with Crippen LogP contribution in [0.3, 0.4) is 0 Å². The molecule has 0 saturated heterocycles. The lowest BCUT2D eigenvalue weighted by molar-refractivity contribution is -0.123. The Bertz CT molecular complexity index is 885. The lowest BCUT2D eigenvalue weighted by Crippen LogP contribution is -2.43. The Hall–Kier alpha value is -3.35. The van der Waals surface area contributed by atoms with Gasteiger partial charge in [-0.2, -0.15) is 0 Å². The van der Waals surface area contributed by atoms with E-state index in [1.807, 2.05) is 31.2 Å². The van der Waals surface area contributed by atoms with Crippen molar-refractivity contribution in [2.24, 2.45) is 0 Å². The molecule has 2 aromatic rings. The number of carbonyl (C=O) groups excluding carboxylic acids is 3. The summed E-state index contributed by atoms with van der Waals surface area (Å²) in [7, 11) is 0. The number of unbranched alkanes of at least 4 members (excludes halogenated alkanes) is 1. The molecule has 0 bridgehead atoms. The number of amides is 3. The normalized spacial score (nSPS) is 10.8. The van der Waals surface area contributed by atoms with Gasteiger partial charge in [0.1, 0.15) is 5.75 Å². The largest absolute Gasteiger partial charge is 0.484 e. The molecule has 2 aromatic carbocycles. The fourth-order valence-electron chi connectivity index (χ4n) is 2.70. The summed E-state index contributed by atoms with van der Waals surface area (Å²) >= 11 is 0. The van der Waals surface area contributed by atoms with E-state index in [-0.39, 0.29) is 17.9 Å². The minimum atomic E-state index is -0.479. The molecule has 0 saturated carbocycles. The summed E-state index contributed by atoms with van der Waals surface area (Å²) in [6.07, 6.45) is 2.25. The molecule has 0 radical (unpaired) electrons. The van der Waals surface area contributed by atoms with E-state index in [1.54, 1.807) is 24.3 Å². The standard InChI is InChI=1S/C24H31N3O4/c1-5-6-7-21(28)25-19-12-8-17(9-13-19)23(30)27-26-22(29)16-31-20-14-10-18(11-15-20)24(2,3)4/h8-15H,5-7,16H2,1-4H3,(H,25,28)(H,26,29)(H,27,30). The molecule has 0 aliphatic rings. The summed E-state index contributed by atoms with van der Waals surface area (Å²) in [5.41, 5.74) is 6.85. The van der Waals surface area contributed by atoms with Gasteiger partial charge in [-0.15, -0.1) is 0 Å². The van der Waals surface area contributed by atoms with Crippen LogP contribution < -0.4 is 20.9 Å². The maximum Gasteiger partial charge on any atom is 0.276 e. The predicted octanol–water partition coefficient (Wildman–Crippen LogP) is 3.95. The molecule has 166 valence electrons. The van der Waals surface area contributed by atoms with Crippen molar-refractivity contribution < 1.29 is 19.1 Å². The number of nitrogens with one attached hydrogen (secondary N) is 3. The molecule has 0 aliphatic carbocycles. The SMILES string of the molecule is CCCCC(=O)Nc1ccc(C(=O)NNC(=O)COc2ccc(C(C)(C)C)cc2)cc1.